The lowest BCUT2D eigenvalue weighted by atomic mass is 9.91. The molecule has 2 N–H and O–H groups in total. The van der Waals surface area contributed by atoms with Crippen LogP contribution >= 0.6 is 0 Å². The van der Waals surface area contributed by atoms with E-state index in [0.717, 1.165) is 5.56 Å². The zero-order chi connectivity index (χ0) is 35.1. The first-order valence-corrected chi connectivity index (χ1v) is 16.5. The molecule has 0 radical (unpaired) electrons. The molecule has 2 aromatic heterocycles. The molecule has 12 nitrogen and oxygen atoms in total. The maximum atomic E-state index is 15.6. The summed E-state index contributed by atoms with van der Waals surface area (Å²) in [5.41, 5.74) is 1.66. The van der Waals surface area contributed by atoms with E-state index in [0.29, 0.717) is 74.4 Å². The van der Waals surface area contributed by atoms with Gasteiger partial charge in [0.15, 0.2) is 29.0 Å². The van der Waals surface area contributed by atoms with E-state index in [-0.39, 0.29) is 34.7 Å². The summed E-state index contributed by atoms with van der Waals surface area (Å²) in [6, 6.07) is 2.87. The number of rotatable bonds is 7. The molecular weight excluding hydrogens is 621 g/mol. The zero-order valence-corrected chi connectivity index (χ0v) is 29.0. The van der Waals surface area contributed by atoms with Gasteiger partial charge >= 0.3 is 12.1 Å². The van der Waals surface area contributed by atoms with Crippen molar-refractivity contribution in [2.75, 3.05) is 26.2 Å². The Hall–Kier alpha value is -4.26. The summed E-state index contributed by atoms with van der Waals surface area (Å²) < 4.78 is 34.2. The number of amides is 2. The molecule has 13 heteroatoms. The molecule has 48 heavy (non-hydrogen) atoms. The summed E-state index contributed by atoms with van der Waals surface area (Å²) in [4.78, 5) is 45.0. The minimum atomic E-state index is -1.46. The van der Waals surface area contributed by atoms with Crippen LogP contribution in [0.5, 0.6) is 5.75 Å². The van der Waals surface area contributed by atoms with E-state index in [1.807, 2.05) is 27.7 Å². The normalized spacial score (nSPS) is 16.3. The molecule has 0 saturated carbocycles. The second-order valence-corrected chi connectivity index (χ2v) is 14.6. The molecule has 5 rings (SSSR count). The van der Waals surface area contributed by atoms with Crippen LogP contribution in [0.25, 0.3) is 16.9 Å². The third-order valence-corrected chi connectivity index (χ3v) is 8.53. The number of hydrogen-bond donors (Lipinski definition) is 2. The standard InChI is InChI=1S/C35H46FN5O7/c1-19-22-10-9-15-46-29(22)24(36)16-23(19)28-27(30(32(43)44)47-34(3,4)5)20(2)38-26-17-25(39-41(26)28)31(42)37-18-21-11-13-40(14-12-21)33(45)48-35(6,7)8/h16-17,21,30H,9-15,18H2,1-8H3,(H,37,42)(H,43,44)/t30-/m0/s1. The molecular formula is C35H46FN5O7. The van der Waals surface area contributed by atoms with Gasteiger partial charge in [0.2, 0.25) is 0 Å². The van der Waals surface area contributed by atoms with Crippen molar-refractivity contribution in [3.05, 3.63) is 46.0 Å². The summed E-state index contributed by atoms with van der Waals surface area (Å²) in [6.45, 7) is 16.1. The number of benzene rings is 1. The molecule has 0 unspecified atom stereocenters. The number of aliphatic carboxylic acids is 1. The maximum Gasteiger partial charge on any atom is 0.410 e. The molecule has 2 amide bonds. The Morgan fingerprint density at radius 1 is 1.10 bits per heavy atom. The molecule has 0 aliphatic carbocycles. The summed E-state index contributed by atoms with van der Waals surface area (Å²) in [6.07, 6.45) is 0.920. The fourth-order valence-electron chi connectivity index (χ4n) is 6.28. The van der Waals surface area contributed by atoms with Crippen molar-refractivity contribution in [3.8, 4) is 17.0 Å². The predicted octanol–water partition coefficient (Wildman–Crippen LogP) is 5.79. The summed E-state index contributed by atoms with van der Waals surface area (Å²) in [7, 11) is 0. The first-order valence-electron chi connectivity index (χ1n) is 16.5. The second-order valence-electron chi connectivity index (χ2n) is 14.6. The molecule has 4 heterocycles. The van der Waals surface area contributed by atoms with Gasteiger partial charge in [0.05, 0.1) is 17.9 Å². The van der Waals surface area contributed by atoms with Crippen LogP contribution in [0.15, 0.2) is 12.1 Å². The fourth-order valence-corrected chi connectivity index (χ4v) is 6.28. The average Bonchev–Trinajstić information content (AvgIpc) is 3.42. The Morgan fingerprint density at radius 3 is 2.42 bits per heavy atom. The van der Waals surface area contributed by atoms with E-state index in [1.54, 1.807) is 32.6 Å². The Balaban J connectivity index is 1.49. The third kappa shape index (κ3) is 7.56. The van der Waals surface area contributed by atoms with Gasteiger partial charge in [-0.3, -0.25) is 4.79 Å². The largest absolute Gasteiger partial charge is 0.490 e. The number of hydrogen-bond acceptors (Lipinski definition) is 8. The lowest BCUT2D eigenvalue weighted by Crippen LogP contribution is -2.43. The SMILES string of the molecule is Cc1nc2cc(C(=O)NCC3CCN(C(=O)OC(C)(C)C)CC3)nn2c(-c2cc(F)c3c(c2C)CCCO3)c1[C@H](OC(C)(C)C)C(=O)O. The van der Waals surface area contributed by atoms with Crippen LogP contribution in [0.4, 0.5) is 9.18 Å². The predicted molar refractivity (Wildman–Crippen MR) is 176 cm³/mol. The highest BCUT2D eigenvalue weighted by Gasteiger charge is 2.35. The van der Waals surface area contributed by atoms with Crippen LogP contribution in [0, 0.1) is 25.6 Å². The molecule has 0 bridgehead atoms. The minimum Gasteiger partial charge on any atom is -0.490 e. The van der Waals surface area contributed by atoms with Gasteiger partial charge in [0.1, 0.15) is 5.60 Å². The molecule has 1 aromatic carbocycles. The molecule has 2 aliphatic rings. The summed E-state index contributed by atoms with van der Waals surface area (Å²) >= 11 is 0. The van der Waals surface area contributed by atoms with E-state index >= 15 is 4.39 Å². The number of halogens is 1. The number of carbonyl (C=O) groups is 3. The highest BCUT2D eigenvalue weighted by molar-refractivity contribution is 5.93. The van der Waals surface area contributed by atoms with Crippen LogP contribution in [-0.4, -0.2) is 80.0 Å². The van der Waals surface area contributed by atoms with E-state index < -0.39 is 35.0 Å². The smallest absolute Gasteiger partial charge is 0.410 e. The monoisotopic (exact) mass is 667 g/mol. The van der Waals surface area contributed by atoms with Crippen molar-refractivity contribution in [1.29, 1.82) is 0 Å². The summed E-state index contributed by atoms with van der Waals surface area (Å²) in [5.74, 6) is -1.88. The van der Waals surface area contributed by atoms with E-state index in [2.05, 4.69) is 15.4 Å². The van der Waals surface area contributed by atoms with Gasteiger partial charge in [-0.25, -0.2) is 23.5 Å². The lowest BCUT2D eigenvalue weighted by molar-refractivity contribution is -0.160. The number of carboxylic acid groups (broad SMARTS) is 1. The Morgan fingerprint density at radius 2 is 1.79 bits per heavy atom. The van der Waals surface area contributed by atoms with Gasteiger partial charge in [-0.1, -0.05) is 0 Å². The average molecular weight is 668 g/mol. The Kier molecular flexibility index (Phi) is 9.74. The van der Waals surface area contributed by atoms with Crippen molar-refractivity contribution in [2.45, 2.75) is 98.4 Å². The van der Waals surface area contributed by atoms with Gasteiger partial charge in [0, 0.05) is 48.1 Å². The topological polar surface area (TPSA) is 145 Å². The molecule has 1 saturated heterocycles. The van der Waals surface area contributed by atoms with Crippen molar-refractivity contribution < 1.29 is 38.1 Å². The van der Waals surface area contributed by atoms with Crippen LogP contribution < -0.4 is 10.1 Å². The first kappa shape index (κ1) is 35.1. The van der Waals surface area contributed by atoms with Gasteiger partial charge in [0.25, 0.3) is 5.91 Å². The number of aryl methyl sites for hydroxylation is 1. The van der Waals surface area contributed by atoms with Crippen molar-refractivity contribution in [3.63, 3.8) is 0 Å². The number of ether oxygens (including phenoxy) is 3. The van der Waals surface area contributed by atoms with E-state index in [1.165, 1.54) is 16.6 Å². The molecule has 0 spiro atoms. The molecule has 1 fully saturated rings. The lowest BCUT2D eigenvalue weighted by Gasteiger charge is -2.33. The highest BCUT2D eigenvalue weighted by Crippen LogP contribution is 2.41. The van der Waals surface area contributed by atoms with Crippen molar-refractivity contribution in [1.82, 2.24) is 24.8 Å². The van der Waals surface area contributed by atoms with Gasteiger partial charge in [-0.15, -0.1) is 0 Å². The molecule has 260 valence electrons. The number of carboxylic acids is 1. The molecule has 3 aromatic rings. The number of likely N-dealkylation sites (tertiary alicyclic amines) is 1. The van der Waals surface area contributed by atoms with Crippen molar-refractivity contribution in [2.24, 2.45) is 5.92 Å². The van der Waals surface area contributed by atoms with Gasteiger partial charge < -0.3 is 29.5 Å². The quantitative estimate of drug-likeness (QED) is 0.320. The highest BCUT2D eigenvalue weighted by atomic mass is 19.1. The fraction of sp³-hybridized carbons (Fsp3) is 0.571. The van der Waals surface area contributed by atoms with Crippen LogP contribution in [0.2, 0.25) is 0 Å². The molecule has 1 atom stereocenters. The molecule has 2 aliphatic heterocycles. The Labute approximate surface area is 279 Å². The van der Waals surface area contributed by atoms with Gasteiger partial charge in [-0.05, 0) is 98.6 Å². The van der Waals surface area contributed by atoms with Gasteiger partial charge in [-0.2, -0.15) is 5.10 Å². The maximum absolute atomic E-state index is 15.6. The first-order chi connectivity index (χ1) is 22.4. The number of nitrogens with zero attached hydrogens (tertiary/aromatic N) is 4. The van der Waals surface area contributed by atoms with E-state index in [4.69, 9.17) is 14.2 Å². The summed E-state index contributed by atoms with van der Waals surface area (Å²) in [5, 5.41) is 18.0. The minimum absolute atomic E-state index is 0.0783. The van der Waals surface area contributed by atoms with E-state index in [9.17, 15) is 19.5 Å². The second kappa shape index (κ2) is 13.3. The number of aromatic nitrogens is 3. The Bertz CT molecular complexity index is 1730. The zero-order valence-electron chi connectivity index (χ0n) is 29.0. The van der Waals surface area contributed by atoms with Crippen LogP contribution in [-0.2, 0) is 20.7 Å². The van der Waals surface area contributed by atoms with Crippen LogP contribution in [0.1, 0.15) is 99.8 Å². The number of carbonyl (C=O) groups excluding carboxylic acids is 2. The number of piperidine rings is 1. The third-order valence-electron chi connectivity index (χ3n) is 8.53. The number of fused-ring (bicyclic) bond motifs is 2. The van der Waals surface area contributed by atoms with Crippen LogP contribution in [0.3, 0.4) is 0 Å². The number of nitrogens with one attached hydrogen (secondary N) is 1. The van der Waals surface area contributed by atoms with Crippen molar-refractivity contribution >= 4 is 23.6 Å².